The standard InChI is InChI=1S/C23H30N2O5/c1-15(2)22(25-21(26)11-16-9-7-6-8-10-16)23(27)24-14-17-12-19(29-4)20(30-5)13-18(17)28-3/h6-10,12-13,15,22H,11,14H2,1-5H3,(H,24,27)(H,25,26)/t22-/m0/s1. The summed E-state index contributed by atoms with van der Waals surface area (Å²) in [6.07, 6.45) is 0.223. The molecule has 0 spiro atoms. The largest absolute Gasteiger partial charge is 0.496 e. The van der Waals surface area contributed by atoms with Gasteiger partial charge in [0.25, 0.3) is 0 Å². The molecule has 2 aromatic carbocycles. The molecule has 0 fully saturated rings. The molecule has 162 valence electrons. The summed E-state index contributed by atoms with van der Waals surface area (Å²) in [6.45, 7) is 4.01. The molecule has 2 aromatic rings. The number of hydrogen-bond donors (Lipinski definition) is 2. The van der Waals surface area contributed by atoms with Gasteiger partial charge in [-0.2, -0.15) is 0 Å². The minimum absolute atomic E-state index is 0.0722. The first-order valence-corrected chi connectivity index (χ1v) is 9.79. The molecule has 0 radical (unpaired) electrons. The van der Waals surface area contributed by atoms with E-state index in [0.717, 1.165) is 11.1 Å². The second-order valence-electron chi connectivity index (χ2n) is 7.19. The van der Waals surface area contributed by atoms with E-state index in [4.69, 9.17) is 14.2 Å². The first-order chi connectivity index (χ1) is 14.4. The van der Waals surface area contributed by atoms with Gasteiger partial charge < -0.3 is 24.8 Å². The van der Waals surface area contributed by atoms with E-state index in [2.05, 4.69) is 10.6 Å². The van der Waals surface area contributed by atoms with Crippen LogP contribution in [-0.2, 0) is 22.6 Å². The van der Waals surface area contributed by atoms with Gasteiger partial charge in [-0.15, -0.1) is 0 Å². The number of carbonyl (C=O) groups is 2. The van der Waals surface area contributed by atoms with Gasteiger partial charge in [-0.25, -0.2) is 0 Å². The van der Waals surface area contributed by atoms with Gasteiger partial charge >= 0.3 is 0 Å². The molecule has 0 heterocycles. The molecule has 2 amide bonds. The van der Waals surface area contributed by atoms with Gasteiger partial charge in [-0.1, -0.05) is 44.2 Å². The van der Waals surface area contributed by atoms with Crippen molar-refractivity contribution < 1.29 is 23.8 Å². The van der Waals surface area contributed by atoms with Gasteiger partial charge in [-0.3, -0.25) is 9.59 Å². The third kappa shape index (κ3) is 6.14. The summed E-state index contributed by atoms with van der Waals surface area (Å²) in [4.78, 5) is 25.2. The third-order valence-corrected chi connectivity index (χ3v) is 4.71. The fourth-order valence-corrected chi connectivity index (χ4v) is 3.06. The Morgan fingerprint density at radius 3 is 2.07 bits per heavy atom. The Morgan fingerprint density at radius 1 is 0.900 bits per heavy atom. The number of ether oxygens (including phenoxy) is 3. The van der Waals surface area contributed by atoms with Gasteiger partial charge in [0.05, 0.1) is 27.8 Å². The van der Waals surface area contributed by atoms with Gasteiger partial charge in [0, 0.05) is 18.2 Å². The van der Waals surface area contributed by atoms with E-state index in [-0.39, 0.29) is 30.7 Å². The highest BCUT2D eigenvalue weighted by atomic mass is 16.5. The normalized spacial score (nSPS) is 11.5. The molecule has 2 rings (SSSR count). The number of amides is 2. The van der Waals surface area contributed by atoms with Crippen LogP contribution in [0.4, 0.5) is 0 Å². The van der Waals surface area contributed by atoms with Crippen LogP contribution in [-0.4, -0.2) is 39.2 Å². The number of nitrogens with one attached hydrogen (secondary N) is 2. The fraction of sp³-hybridized carbons (Fsp3) is 0.391. The van der Waals surface area contributed by atoms with E-state index in [1.54, 1.807) is 33.5 Å². The Kier molecular flexibility index (Phi) is 8.53. The topological polar surface area (TPSA) is 85.9 Å². The molecule has 0 aliphatic heterocycles. The molecule has 0 unspecified atom stereocenters. The quantitative estimate of drug-likeness (QED) is 0.624. The Bertz CT molecular complexity index is 852. The van der Waals surface area contributed by atoms with Crippen molar-refractivity contribution in [2.75, 3.05) is 21.3 Å². The Morgan fingerprint density at radius 2 is 1.50 bits per heavy atom. The highest BCUT2D eigenvalue weighted by molar-refractivity contribution is 5.88. The summed E-state index contributed by atoms with van der Waals surface area (Å²) < 4.78 is 16.0. The number of hydrogen-bond acceptors (Lipinski definition) is 5. The maximum absolute atomic E-state index is 12.8. The second-order valence-corrected chi connectivity index (χ2v) is 7.19. The third-order valence-electron chi connectivity index (χ3n) is 4.71. The van der Waals surface area contributed by atoms with Gasteiger partial charge in [0.1, 0.15) is 11.8 Å². The number of methoxy groups -OCH3 is 3. The lowest BCUT2D eigenvalue weighted by Gasteiger charge is -2.22. The van der Waals surface area contributed by atoms with Crippen molar-refractivity contribution >= 4 is 11.8 Å². The van der Waals surface area contributed by atoms with Crippen molar-refractivity contribution in [3.63, 3.8) is 0 Å². The average molecular weight is 415 g/mol. The zero-order valence-electron chi connectivity index (χ0n) is 18.2. The molecule has 30 heavy (non-hydrogen) atoms. The fourth-order valence-electron chi connectivity index (χ4n) is 3.06. The molecule has 0 saturated heterocycles. The van der Waals surface area contributed by atoms with Crippen LogP contribution < -0.4 is 24.8 Å². The van der Waals surface area contributed by atoms with E-state index in [1.807, 2.05) is 44.2 Å². The Balaban J connectivity index is 2.05. The summed E-state index contributed by atoms with van der Waals surface area (Å²) in [5, 5.41) is 5.73. The maximum atomic E-state index is 12.8. The SMILES string of the molecule is COc1cc(OC)c(OC)cc1CNC(=O)[C@@H](NC(=O)Cc1ccccc1)C(C)C. The van der Waals surface area contributed by atoms with Crippen LogP contribution in [0.25, 0.3) is 0 Å². The predicted molar refractivity (Wildman–Crippen MR) is 115 cm³/mol. The predicted octanol–water partition coefficient (Wildman–Crippen LogP) is 2.71. The molecule has 0 bridgehead atoms. The van der Waals surface area contributed by atoms with Crippen LogP contribution in [0.2, 0.25) is 0 Å². The summed E-state index contributed by atoms with van der Waals surface area (Å²) in [7, 11) is 4.64. The van der Waals surface area contributed by atoms with Crippen molar-refractivity contribution in [3.8, 4) is 17.2 Å². The Hall–Kier alpha value is -3.22. The van der Waals surface area contributed by atoms with E-state index in [0.29, 0.717) is 17.2 Å². The summed E-state index contributed by atoms with van der Waals surface area (Å²) in [5.74, 6) is 1.12. The molecular formula is C23H30N2O5. The highest BCUT2D eigenvalue weighted by Crippen LogP contribution is 2.34. The Labute approximate surface area is 177 Å². The van der Waals surface area contributed by atoms with Crippen molar-refractivity contribution in [1.29, 1.82) is 0 Å². The van der Waals surface area contributed by atoms with Crippen LogP contribution >= 0.6 is 0 Å². The molecule has 2 N–H and O–H groups in total. The van der Waals surface area contributed by atoms with Gasteiger partial charge in [-0.05, 0) is 17.5 Å². The van der Waals surface area contributed by atoms with E-state index < -0.39 is 6.04 Å². The van der Waals surface area contributed by atoms with Crippen molar-refractivity contribution in [1.82, 2.24) is 10.6 Å². The van der Waals surface area contributed by atoms with Crippen molar-refractivity contribution in [2.24, 2.45) is 5.92 Å². The lowest BCUT2D eigenvalue weighted by atomic mass is 10.0. The maximum Gasteiger partial charge on any atom is 0.243 e. The summed E-state index contributed by atoms with van der Waals surface area (Å²) in [5.41, 5.74) is 1.63. The average Bonchev–Trinajstić information content (AvgIpc) is 2.75. The first kappa shape index (κ1) is 23.1. The van der Waals surface area contributed by atoms with E-state index in [1.165, 1.54) is 0 Å². The van der Waals surface area contributed by atoms with Crippen LogP contribution in [0.5, 0.6) is 17.2 Å². The molecule has 7 heteroatoms. The van der Waals surface area contributed by atoms with E-state index >= 15 is 0 Å². The van der Waals surface area contributed by atoms with Gasteiger partial charge in [0.15, 0.2) is 11.5 Å². The molecular weight excluding hydrogens is 384 g/mol. The highest BCUT2D eigenvalue weighted by Gasteiger charge is 2.24. The molecule has 7 nitrogen and oxygen atoms in total. The zero-order valence-corrected chi connectivity index (χ0v) is 18.2. The van der Waals surface area contributed by atoms with Crippen LogP contribution in [0, 0.1) is 5.92 Å². The molecule has 1 atom stereocenters. The smallest absolute Gasteiger partial charge is 0.243 e. The first-order valence-electron chi connectivity index (χ1n) is 9.79. The monoisotopic (exact) mass is 414 g/mol. The number of rotatable bonds is 10. The summed E-state index contributed by atoms with van der Waals surface area (Å²) in [6, 6.07) is 12.2. The van der Waals surface area contributed by atoms with Crippen LogP contribution in [0.15, 0.2) is 42.5 Å². The summed E-state index contributed by atoms with van der Waals surface area (Å²) >= 11 is 0. The van der Waals surface area contributed by atoms with Crippen molar-refractivity contribution in [3.05, 3.63) is 53.6 Å². The zero-order chi connectivity index (χ0) is 22.1. The number of benzene rings is 2. The molecule has 0 aliphatic carbocycles. The minimum Gasteiger partial charge on any atom is -0.496 e. The number of carbonyl (C=O) groups excluding carboxylic acids is 2. The van der Waals surface area contributed by atoms with Gasteiger partial charge in [0.2, 0.25) is 11.8 Å². The lowest BCUT2D eigenvalue weighted by molar-refractivity contribution is -0.129. The lowest BCUT2D eigenvalue weighted by Crippen LogP contribution is -2.49. The van der Waals surface area contributed by atoms with Crippen LogP contribution in [0.1, 0.15) is 25.0 Å². The van der Waals surface area contributed by atoms with E-state index in [9.17, 15) is 9.59 Å². The second kappa shape index (κ2) is 11.1. The minimum atomic E-state index is -0.646. The van der Waals surface area contributed by atoms with Crippen LogP contribution in [0.3, 0.4) is 0 Å². The molecule has 0 aromatic heterocycles. The molecule has 0 aliphatic rings. The molecule has 0 saturated carbocycles. The van der Waals surface area contributed by atoms with Crippen molar-refractivity contribution in [2.45, 2.75) is 32.9 Å².